The molecule has 0 bridgehead atoms. The van der Waals surface area contributed by atoms with Gasteiger partial charge in [-0.1, -0.05) is 13.0 Å². The number of hydrogen-bond donors (Lipinski definition) is 1. The molecule has 0 atom stereocenters. The van der Waals surface area contributed by atoms with E-state index in [1.54, 1.807) is 6.92 Å². The van der Waals surface area contributed by atoms with Gasteiger partial charge in [0.25, 0.3) is 0 Å². The van der Waals surface area contributed by atoms with E-state index in [4.69, 9.17) is 5.11 Å². The summed E-state index contributed by atoms with van der Waals surface area (Å²) in [6.45, 7) is 5.14. The zero-order valence-electron chi connectivity index (χ0n) is 10.1. The van der Waals surface area contributed by atoms with Crippen LogP contribution in [0, 0.1) is 5.82 Å². The maximum atomic E-state index is 13.2. The lowest BCUT2D eigenvalue weighted by Gasteiger charge is -2.19. The van der Waals surface area contributed by atoms with Crippen molar-refractivity contribution in [3.63, 3.8) is 0 Å². The Bertz CT molecular complexity index is 528. The van der Waals surface area contributed by atoms with E-state index in [0.29, 0.717) is 6.54 Å². The second-order valence-electron chi connectivity index (χ2n) is 3.66. The van der Waals surface area contributed by atoms with Crippen LogP contribution < -0.4 is 0 Å². The molecule has 0 saturated heterocycles. The molecule has 6 heteroatoms. The minimum atomic E-state index is -3.68. The molecule has 4 nitrogen and oxygen atoms in total. The lowest BCUT2D eigenvalue weighted by molar-refractivity contribution is 0.275. The van der Waals surface area contributed by atoms with Crippen molar-refractivity contribution in [3.05, 3.63) is 42.2 Å². The second kappa shape index (κ2) is 6.08. The Morgan fingerprint density at radius 3 is 2.67 bits per heavy atom. The molecule has 0 aromatic heterocycles. The molecule has 0 saturated carbocycles. The summed E-state index contributed by atoms with van der Waals surface area (Å²) in [5, 5.41) is 8.94. The number of rotatable bonds is 6. The van der Waals surface area contributed by atoms with Crippen LogP contribution in [0.25, 0.3) is 0 Å². The van der Waals surface area contributed by atoms with Crippen LogP contribution in [-0.4, -0.2) is 30.9 Å². The topological polar surface area (TPSA) is 57.6 Å². The summed E-state index contributed by atoms with van der Waals surface area (Å²) >= 11 is 0. The van der Waals surface area contributed by atoms with E-state index in [-0.39, 0.29) is 17.0 Å². The number of hydrogen-bond acceptors (Lipinski definition) is 3. The summed E-state index contributed by atoms with van der Waals surface area (Å²) in [5.41, 5.74) is -0.0364. The summed E-state index contributed by atoms with van der Waals surface area (Å²) in [4.78, 5) is -0.0309. The van der Waals surface area contributed by atoms with Crippen LogP contribution in [-0.2, 0) is 16.6 Å². The minimum Gasteiger partial charge on any atom is -0.392 e. The van der Waals surface area contributed by atoms with Gasteiger partial charge in [0, 0.05) is 18.7 Å². The van der Waals surface area contributed by atoms with Crippen molar-refractivity contribution < 1.29 is 17.9 Å². The van der Waals surface area contributed by atoms with Crippen molar-refractivity contribution in [1.82, 2.24) is 4.31 Å². The first-order valence-corrected chi connectivity index (χ1v) is 6.91. The highest BCUT2D eigenvalue weighted by Gasteiger charge is 2.22. The Kier molecular flexibility index (Phi) is 5.01. The van der Waals surface area contributed by atoms with Crippen LogP contribution in [0.2, 0.25) is 0 Å². The molecule has 0 fully saturated rings. The molecule has 18 heavy (non-hydrogen) atoms. The molecule has 0 spiro atoms. The number of sulfonamides is 1. The van der Waals surface area contributed by atoms with Crippen molar-refractivity contribution in [1.29, 1.82) is 0 Å². The summed E-state index contributed by atoms with van der Waals surface area (Å²) in [7, 11) is -3.68. The summed E-state index contributed by atoms with van der Waals surface area (Å²) in [5.74, 6) is -0.622. The van der Waals surface area contributed by atoms with Crippen molar-refractivity contribution in [2.75, 3.05) is 13.1 Å². The van der Waals surface area contributed by atoms with Crippen molar-refractivity contribution >= 4 is 10.0 Å². The van der Waals surface area contributed by atoms with Gasteiger partial charge in [0.1, 0.15) is 5.82 Å². The first-order chi connectivity index (χ1) is 8.47. The maximum absolute atomic E-state index is 13.2. The molecule has 0 aliphatic carbocycles. The van der Waals surface area contributed by atoms with E-state index < -0.39 is 22.4 Å². The Morgan fingerprint density at radius 1 is 1.50 bits per heavy atom. The maximum Gasteiger partial charge on any atom is 0.243 e. The van der Waals surface area contributed by atoms with Gasteiger partial charge < -0.3 is 5.11 Å². The van der Waals surface area contributed by atoms with Crippen LogP contribution in [0.5, 0.6) is 0 Å². The number of nitrogens with zero attached hydrogens (tertiary/aromatic N) is 1. The summed E-state index contributed by atoms with van der Waals surface area (Å²) < 4.78 is 38.8. The van der Waals surface area contributed by atoms with Gasteiger partial charge in [0.05, 0.1) is 11.5 Å². The van der Waals surface area contributed by atoms with Crippen molar-refractivity contribution in [2.45, 2.75) is 18.4 Å². The molecule has 1 aromatic rings. The third-order valence-corrected chi connectivity index (χ3v) is 4.45. The fourth-order valence-corrected chi connectivity index (χ4v) is 2.99. The second-order valence-corrected chi connectivity index (χ2v) is 5.59. The molecule has 1 aromatic carbocycles. The third-order valence-electron chi connectivity index (χ3n) is 2.51. The zero-order chi connectivity index (χ0) is 13.8. The summed E-state index contributed by atoms with van der Waals surface area (Å²) in [6.07, 6.45) is 1.48. The van der Waals surface area contributed by atoms with Crippen LogP contribution in [0.4, 0.5) is 4.39 Å². The highest BCUT2D eigenvalue weighted by atomic mass is 32.2. The molecule has 1 N–H and O–H groups in total. The predicted molar refractivity (Wildman–Crippen MR) is 67.0 cm³/mol. The quantitative estimate of drug-likeness (QED) is 0.799. The minimum absolute atomic E-state index is 0.0309. The summed E-state index contributed by atoms with van der Waals surface area (Å²) in [6, 6.07) is 3.38. The molecular weight excluding hydrogens is 257 g/mol. The van der Waals surface area contributed by atoms with Gasteiger partial charge >= 0.3 is 0 Å². The average molecular weight is 273 g/mol. The molecule has 0 unspecified atom stereocenters. The molecule has 1 rings (SSSR count). The van der Waals surface area contributed by atoms with Gasteiger partial charge in [-0.2, -0.15) is 4.31 Å². The average Bonchev–Trinajstić information content (AvgIpc) is 2.35. The number of likely N-dealkylation sites (N-methyl/N-ethyl adjacent to an activating group) is 1. The van der Waals surface area contributed by atoms with Gasteiger partial charge in [-0.15, -0.1) is 6.58 Å². The van der Waals surface area contributed by atoms with Crippen molar-refractivity contribution in [2.24, 2.45) is 0 Å². The molecule has 0 radical (unpaired) electrons. The van der Waals surface area contributed by atoms with E-state index in [0.717, 1.165) is 12.1 Å². The normalized spacial score (nSPS) is 11.8. The Labute approximate surface area is 106 Å². The van der Waals surface area contributed by atoms with E-state index in [1.807, 2.05) is 0 Å². The third kappa shape index (κ3) is 2.95. The highest BCUT2D eigenvalue weighted by molar-refractivity contribution is 7.89. The van der Waals surface area contributed by atoms with Crippen LogP contribution >= 0.6 is 0 Å². The molecule has 0 aliphatic rings. The molecule has 0 amide bonds. The predicted octanol–water partition coefficient (Wildman–Crippen LogP) is 1.51. The molecule has 100 valence electrons. The highest BCUT2D eigenvalue weighted by Crippen LogP contribution is 2.19. The Morgan fingerprint density at radius 2 is 2.17 bits per heavy atom. The van der Waals surface area contributed by atoms with Crippen LogP contribution in [0.3, 0.4) is 0 Å². The van der Waals surface area contributed by atoms with Gasteiger partial charge in [-0.25, -0.2) is 12.8 Å². The van der Waals surface area contributed by atoms with Crippen LogP contribution in [0.1, 0.15) is 12.5 Å². The van der Waals surface area contributed by atoms with Crippen molar-refractivity contribution in [3.8, 4) is 0 Å². The van der Waals surface area contributed by atoms with Gasteiger partial charge in [0.2, 0.25) is 10.0 Å². The number of benzene rings is 1. The van der Waals surface area contributed by atoms with E-state index >= 15 is 0 Å². The number of aliphatic hydroxyl groups is 1. The first-order valence-electron chi connectivity index (χ1n) is 5.47. The Balaban J connectivity index is 3.23. The largest absolute Gasteiger partial charge is 0.392 e. The fourth-order valence-electron chi connectivity index (χ4n) is 1.52. The van der Waals surface area contributed by atoms with Gasteiger partial charge in [0.15, 0.2) is 0 Å². The Hall–Kier alpha value is -1.24. The fraction of sp³-hybridized carbons (Fsp3) is 0.333. The SMILES string of the molecule is C=CCN(CC)S(=O)(=O)c1ccc(F)c(CO)c1. The van der Waals surface area contributed by atoms with Crippen LogP contribution in [0.15, 0.2) is 35.7 Å². The smallest absolute Gasteiger partial charge is 0.243 e. The van der Waals surface area contributed by atoms with E-state index in [9.17, 15) is 12.8 Å². The van der Waals surface area contributed by atoms with E-state index in [1.165, 1.54) is 16.4 Å². The number of aliphatic hydroxyl groups excluding tert-OH is 1. The first kappa shape index (κ1) is 14.8. The van der Waals surface area contributed by atoms with E-state index in [2.05, 4.69) is 6.58 Å². The molecular formula is C12H16FNO3S. The zero-order valence-corrected chi connectivity index (χ0v) is 11.0. The monoisotopic (exact) mass is 273 g/mol. The van der Waals surface area contributed by atoms with Gasteiger partial charge in [-0.3, -0.25) is 0 Å². The number of halogens is 1. The lowest BCUT2D eigenvalue weighted by atomic mass is 10.2. The molecule has 0 aliphatic heterocycles. The standard InChI is InChI=1S/C12H16FNO3S/c1-3-7-14(4-2)18(16,17)11-5-6-12(13)10(8-11)9-15/h3,5-6,8,15H,1,4,7,9H2,2H3. The lowest BCUT2D eigenvalue weighted by Crippen LogP contribution is -2.31. The van der Waals surface area contributed by atoms with Gasteiger partial charge in [-0.05, 0) is 18.2 Å². The molecule has 0 heterocycles.